The molecule has 2 rings (SSSR count). The molecule has 0 radical (unpaired) electrons. The van der Waals surface area contributed by atoms with Crippen molar-refractivity contribution in [2.75, 3.05) is 32.7 Å². The molecule has 0 unspecified atom stereocenters. The molecule has 1 fully saturated rings. The molecule has 2 heterocycles. The number of halogens is 3. The molecule has 0 atom stereocenters. The summed E-state index contributed by atoms with van der Waals surface area (Å²) in [4.78, 5) is 1.16. The molecule has 1 aromatic rings. The predicted octanol–water partition coefficient (Wildman–Crippen LogP) is -0.229. The minimum Gasteiger partial charge on any atom is -0.392 e. The quantitative estimate of drug-likeness (QED) is 0.797. The Morgan fingerprint density at radius 2 is 1.90 bits per heavy atom. The molecule has 21 heavy (non-hydrogen) atoms. The van der Waals surface area contributed by atoms with Gasteiger partial charge in [-0.15, -0.1) is 0 Å². The van der Waals surface area contributed by atoms with E-state index in [4.69, 9.17) is 5.11 Å². The van der Waals surface area contributed by atoms with Crippen LogP contribution in [0, 0.1) is 0 Å². The van der Waals surface area contributed by atoms with Gasteiger partial charge in [-0.25, -0.2) is 8.42 Å². The molecular formula is C10H15F3N4O3S. The number of aromatic amines is 1. The van der Waals surface area contributed by atoms with Gasteiger partial charge >= 0.3 is 6.18 Å². The first-order chi connectivity index (χ1) is 9.74. The number of alkyl halides is 3. The minimum atomic E-state index is -4.30. The van der Waals surface area contributed by atoms with Crippen LogP contribution in [0.15, 0.2) is 11.2 Å². The third kappa shape index (κ3) is 3.73. The van der Waals surface area contributed by atoms with Gasteiger partial charge < -0.3 is 5.11 Å². The molecule has 0 saturated carbocycles. The van der Waals surface area contributed by atoms with Crippen LogP contribution in [0.5, 0.6) is 0 Å². The molecule has 0 bridgehead atoms. The molecule has 7 nitrogen and oxygen atoms in total. The smallest absolute Gasteiger partial charge is 0.392 e. The average Bonchev–Trinajstić information content (AvgIpc) is 2.86. The summed E-state index contributed by atoms with van der Waals surface area (Å²) in [6, 6.07) is 0. The van der Waals surface area contributed by atoms with Gasteiger partial charge in [-0.1, -0.05) is 0 Å². The molecule has 0 aliphatic carbocycles. The van der Waals surface area contributed by atoms with E-state index in [0.29, 0.717) is 0 Å². The summed E-state index contributed by atoms with van der Waals surface area (Å²) in [5.41, 5.74) is 0.132. The Bertz CT molecular complexity index is 579. The number of hydrogen-bond donors (Lipinski definition) is 2. The van der Waals surface area contributed by atoms with Crippen molar-refractivity contribution in [1.29, 1.82) is 0 Å². The van der Waals surface area contributed by atoms with Crippen LogP contribution >= 0.6 is 0 Å². The number of aliphatic hydroxyl groups excluding tert-OH is 1. The zero-order chi connectivity index (χ0) is 15.7. The summed E-state index contributed by atoms with van der Waals surface area (Å²) < 4.78 is 62.6. The largest absolute Gasteiger partial charge is 0.401 e. The third-order valence-electron chi connectivity index (χ3n) is 3.18. The first-order valence-corrected chi connectivity index (χ1v) is 7.60. The topological polar surface area (TPSA) is 89.5 Å². The van der Waals surface area contributed by atoms with Crippen LogP contribution in [0.2, 0.25) is 0 Å². The van der Waals surface area contributed by atoms with E-state index in [9.17, 15) is 21.6 Å². The van der Waals surface area contributed by atoms with Crippen molar-refractivity contribution < 1.29 is 26.7 Å². The number of aromatic nitrogens is 2. The minimum absolute atomic E-state index is 0.00132. The van der Waals surface area contributed by atoms with Crippen LogP contribution < -0.4 is 0 Å². The fraction of sp³-hybridized carbons (Fsp3) is 0.700. The summed E-state index contributed by atoms with van der Waals surface area (Å²) in [5.74, 6) is 0. The molecule has 0 amide bonds. The molecule has 1 saturated heterocycles. The summed E-state index contributed by atoms with van der Waals surface area (Å²) in [5, 5.41) is 14.7. The summed E-state index contributed by atoms with van der Waals surface area (Å²) in [7, 11) is -3.88. The zero-order valence-corrected chi connectivity index (χ0v) is 11.8. The third-order valence-corrected chi connectivity index (χ3v) is 5.09. The van der Waals surface area contributed by atoms with Gasteiger partial charge in [0, 0.05) is 31.7 Å². The van der Waals surface area contributed by atoms with Gasteiger partial charge in [0.05, 0.1) is 19.3 Å². The van der Waals surface area contributed by atoms with E-state index in [1.165, 1.54) is 6.20 Å². The summed E-state index contributed by atoms with van der Waals surface area (Å²) in [6.45, 7) is -1.61. The predicted molar refractivity (Wildman–Crippen MR) is 65.8 cm³/mol. The van der Waals surface area contributed by atoms with E-state index in [0.717, 1.165) is 9.21 Å². The highest BCUT2D eigenvalue weighted by Crippen LogP contribution is 2.21. The average molecular weight is 328 g/mol. The molecule has 2 N–H and O–H groups in total. The molecule has 0 aromatic carbocycles. The van der Waals surface area contributed by atoms with Crippen molar-refractivity contribution in [3.63, 3.8) is 0 Å². The summed E-state index contributed by atoms with van der Waals surface area (Å²) >= 11 is 0. The number of sulfonamides is 1. The van der Waals surface area contributed by atoms with Crippen molar-refractivity contribution >= 4 is 10.0 Å². The van der Waals surface area contributed by atoms with Crippen molar-refractivity contribution in [2.45, 2.75) is 17.8 Å². The fourth-order valence-electron chi connectivity index (χ4n) is 2.15. The second-order valence-corrected chi connectivity index (χ2v) is 6.55. The van der Waals surface area contributed by atoms with Crippen molar-refractivity contribution in [2.24, 2.45) is 0 Å². The molecular weight excluding hydrogens is 313 g/mol. The van der Waals surface area contributed by atoms with Crippen molar-refractivity contribution in [1.82, 2.24) is 19.4 Å². The molecule has 120 valence electrons. The highest BCUT2D eigenvalue weighted by Gasteiger charge is 2.35. The van der Waals surface area contributed by atoms with Crippen molar-refractivity contribution in [3.05, 3.63) is 11.8 Å². The van der Waals surface area contributed by atoms with Gasteiger partial charge in [0.1, 0.15) is 0 Å². The van der Waals surface area contributed by atoms with Gasteiger partial charge in [0.25, 0.3) is 10.0 Å². The second-order valence-electron chi connectivity index (χ2n) is 4.68. The van der Waals surface area contributed by atoms with Crippen LogP contribution in [0.25, 0.3) is 0 Å². The molecule has 1 aliphatic heterocycles. The van der Waals surface area contributed by atoms with Gasteiger partial charge in [-0.3, -0.25) is 10.00 Å². The highest BCUT2D eigenvalue weighted by molar-refractivity contribution is 7.89. The van der Waals surface area contributed by atoms with Gasteiger partial charge in [0.2, 0.25) is 0 Å². The van der Waals surface area contributed by atoms with Crippen LogP contribution in [-0.4, -0.2) is 71.8 Å². The summed E-state index contributed by atoms with van der Waals surface area (Å²) in [6.07, 6.45) is -3.10. The first-order valence-electron chi connectivity index (χ1n) is 6.16. The Hall–Kier alpha value is -1.17. The van der Waals surface area contributed by atoms with E-state index < -0.39 is 29.4 Å². The van der Waals surface area contributed by atoms with Crippen LogP contribution in [0.4, 0.5) is 13.2 Å². The lowest BCUT2D eigenvalue weighted by Crippen LogP contribution is -2.50. The van der Waals surface area contributed by atoms with E-state index in [-0.39, 0.29) is 36.8 Å². The molecule has 1 aromatic heterocycles. The number of nitrogens with one attached hydrogen (secondary N) is 1. The zero-order valence-electron chi connectivity index (χ0n) is 11.0. The lowest BCUT2D eigenvalue weighted by Gasteiger charge is -2.34. The first kappa shape index (κ1) is 16.2. The van der Waals surface area contributed by atoms with Crippen LogP contribution in [-0.2, 0) is 16.6 Å². The maximum absolute atomic E-state index is 12.3. The Morgan fingerprint density at radius 3 is 2.43 bits per heavy atom. The Balaban J connectivity index is 2.05. The van der Waals surface area contributed by atoms with Gasteiger partial charge in [-0.2, -0.15) is 22.6 Å². The normalized spacial score (nSPS) is 19.0. The van der Waals surface area contributed by atoms with Gasteiger partial charge in [-0.05, 0) is 0 Å². The molecule has 0 spiro atoms. The Kier molecular flexibility index (Phi) is 4.56. The SMILES string of the molecule is O=S(=O)(c1[nH]ncc1CO)N1CCN(CC(F)(F)F)CC1. The Morgan fingerprint density at radius 1 is 1.29 bits per heavy atom. The molecule has 11 heteroatoms. The lowest BCUT2D eigenvalue weighted by molar-refractivity contribution is -0.148. The number of piperazine rings is 1. The van der Waals surface area contributed by atoms with E-state index >= 15 is 0 Å². The van der Waals surface area contributed by atoms with E-state index in [2.05, 4.69) is 10.2 Å². The molecule has 1 aliphatic rings. The van der Waals surface area contributed by atoms with Crippen LogP contribution in [0.3, 0.4) is 0 Å². The van der Waals surface area contributed by atoms with E-state index in [1.807, 2.05) is 0 Å². The van der Waals surface area contributed by atoms with Gasteiger partial charge in [0.15, 0.2) is 5.03 Å². The standard InChI is InChI=1S/C10H15F3N4O3S/c11-10(12,13)7-16-1-3-17(4-2-16)21(19,20)9-8(6-18)5-14-15-9/h5,18H,1-4,6-7H2,(H,14,15). The maximum atomic E-state index is 12.3. The lowest BCUT2D eigenvalue weighted by atomic mass is 10.3. The Labute approximate surface area is 119 Å². The van der Waals surface area contributed by atoms with E-state index in [1.54, 1.807) is 0 Å². The number of hydrogen-bond acceptors (Lipinski definition) is 5. The number of nitrogens with zero attached hydrogens (tertiary/aromatic N) is 3. The number of H-pyrrole nitrogens is 1. The second kappa shape index (κ2) is 5.91. The highest BCUT2D eigenvalue weighted by atomic mass is 32.2. The maximum Gasteiger partial charge on any atom is 0.401 e. The number of aliphatic hydroxyl groups is 1. The van der Waals surface area contributed by atoms with Crippen molar-refractivity contribution in [3.8, 4) is 0 Å². The fourth-order valence-corrected chi connectivity index (χ4v) is 3.66. The monoisotopic (exact) mass is 328 g/mol. The van der Waals surface area contributed by atoms with Crippen LogP contribution in [0.1, 0.15) is 5.56 Å². The number of rotatable bonds is 4.